The van der Waals surface area contributed by atoms with E-state index in [0.717, 1.165) is 127 Å². The van der Waals surface area contributed by atoms with Crippen molar-refractivity contribution in [2.45, 2.75) is 64.6 Å². The minimum Gasteiger partial charge on any atom is -0.493 e. The fourth-order valence-corrected chi connectivity index (χ4v) is 19.2. The van der Waals surface area contributed by atoms with Crippen LogP contribution < -0.4 is 50.8 Å². The number of hydrogen-bond donors (Lipinski definition) is 0. The van der Waals surface area contributed by atoms with E-state index in [9.17, 15) is 0 Å². The van der Waals surface area contributed by atoms with Gasteiger partial charge in [0.2, 0.25) is 0 Å². The Balaban J connectivity index is 0.772. The minimum absolute atomic E-state index is 0.424. The van der Waals surface area contributed by atoms with Gasteiger partial charge in [0.25, 0.3) is 0 Å². The second-order valence-electron chi connectivity index (χ2n) is 26.8. The number of ether oxygens (including phenoxy) is 4. The lowest BCUT2D eigenvalue weighted by Gasteiger charge is -2.23. The van der Waals surface area contributed by atoms with Gasteiger partial charge in [-0.15, -0.1) is 0 Å². The molecule has 0 radical (unpaired) electrons. The number of rotatable bonds is 18. The predicted octanol–water partition coefficient (Wildman–Crippen LogP) is 20.1. The van der Waals surface area contributed by atoms with E-state index in [1.807, 2.05) is 0 Å². The van der Waals surface area contributed by atoms with Crippen LogP contribution in [0.3, 0.4) is 0 Å². The van der Waals surface area contributed by atoms with Crippen molar-refractivity contribution < 1.29 is 18.9 Å². The van der Waals surface area contributed by atoms with Crippen molar-refractivity contribution in [2.75, 3.05) is 13.2 Å². The van der Waals surface area contributed by atoms with Gasteiger partial charge in [-0.2, -0.15) is 0 Å². The highest BCUT2D eigenvalue weighted by Crippen LogP contribution is 2.44. The van der Waals surface area contributed by atoms with Crippen LogP contribution in [0.4, 0.5) is 0 Å². The monoisotopic (exact) mass is 1360 g/mol. The summed E-state index contributed by atoms with van der Waals surface area (Å²) in [5.74, 6) is 3.62. The van der Waals surface area contributed by atoms with Crippen LogP contribution in [0.25, 0.3) is 22.3 Å². The van der Waals surface area contributed by atoms with Crippen molar-refractivity contribution in [3.05, 3.63) is 418 Å². The molecule has 0 aromatic heterocycles. The Morgan fingerprint density at radius 3 is 0.794 bits per heavy atom. The highest BCUT2D eigenvalue weighted by Gasteiger charge is 2.26. The lowest BCUT2D eigenvalue weighted by atomic mass is 9.88. The molecule has 0 N–H and O–H groups in total. The first kappa shape index (κ1) is 65.7. The molecule has 0 amide bonds. The normalized spacial score (nSPS) is 12.7. The zero-order chi connectivity index (χ0) is 68.2. The van der Waals surface area contributed by atoms with E-state index in [4.69, 9.17) is 18.9 Å². The Morgan fingerprint density at radius 2 is 0.500 bits per heavy atom. The maximum atomic E-state index is 7.25. The average Bonchev–Trinajstić information content (AvgIpc) is 0.910. The molecular weight excluding hydrogens is 1280 g/mol. The summed E-state index contributed by atoms with van der Waals surface area (Å²) in [4.78, 5) is 0. The summed E-state index contributed by atoms with van der Waals surface area (Å²) < 4.78 is 29.0. The van der Waals surface area contributed by atoms with Gasteiger partial charge in [-0.1, -0.05) is 315 Å². The molecule has 2 aliphatic rings. The Bertz CT molecular complexity index is 4610. The number of benzene rings is 14. The van der Waals surface area contributed by atoms with Crippen molar-refractivity contribution in [3.63, 3.8) is 0 Å². The van der Waals surface area contributed by atoms with Crippen molar-refractivity contribution in [1.82, 2.24) is 0 Å². The maximum absolute atomic E-state index is 7.25. The van der Waals surface area contributed by atoms with Gasteiger partial charge in [0.05, 0.1) is 13.2 Å². The van der Waals surface area contributed by atoms with Crippen LogP contribution >= 0.6 is 15.8 Å². The van der Waals surface area contributed by atoms with Crippen molar-refractivity contribution in [2.24, 2.45) is 0 Å². The molecule has 0 aliphatic carbocycles. The minimum atomic E-state index is -0.685. The molecule has 14 aromatic carbocycles. The number of para-hydroxylation sites is 2. The van der Waals surface area contributed by atoms with E-state index in [0.29, 0.717) is 52.1 Å². The largest absolute Gasteiger partial charge is 0.493 e. The van der Waals surface area contributed by atoms with Gasteiger partial charge in [0.1, 0.15) is 36.2 Å². The molecule has 102 heavy (non-hydrogen) atoms. The molecule has 0 saturated carbocycles. The van der Waals surface area contributed by atoms with Gasteiger partial charge in [-0.3, -0.25) is 0 Å². The zero-order valence-electron chi connectivity index (χ0n) is 57.3. The molecule has 0 unspecified atom stereocenters. The van der Waals surface area contributed by atoms with Crippen LogP contribution in [0.5, 0.6) is 23.0 Å². The molecular formula is C96H80O4P2. The molecule has 4 nitrogen and oxygen atoms in total. The predicted molar refractivity (Wildman–Crippen MR) is 426 cm³/mol. The van der Waals surface area contributed by atoms with E-state index in [1.54, 1.807) is 0 Å². The summed E-state index contributed by atoms with van der Waals surface area (Å²) in [6, 6.07) is 125. The van der Waals surface area contributed by atoms with Crippen LogP contribution in [-0.4, -0.2) is 13.2 Å². The van der Waals surface area contributed by atoms with E-state index in [-0.39, 0.29) is 0 Å². The van der Waals surface area contributed by atoms with E-state index < -0.39 is 15.8 Å². The van der Waals surface area contributed by atoms with Crippen molar-refractivity contribution >= 4 is 47.7 Å². The second-order valence-corrected chi connectivity index (χ2v) is 31.3. The van der Waals surface area contributed by atoms with Crippen molar-refractivity contribution in [3.8, 4) is 45.3 Å². The van der Waals surface area contributed by atoms with Gasteiger partial charge in [0.15, 0.2) is 0 Å². The first-order chi connectivity index (χ1) is 50.5. The van der Waals surface area contributed by atoms with Crippen LogP contribution in [0.1, 0.15) is 90.7 Å². The molecule has 0 spiro atoms. The summed E-state index contributed by atoms with van der Waals surface area (Å²) in [7, 11) is -1.37. The topological polar surface area (TPSA) is 36.9 Å². The van der Waals surface area contributed by atoms with E-state index >= 15 is 0 Å². The fourth-order valence-electron chi connectivity index (χ4n) is 14.6. The standard InChI is InChI=1S/C96H80O4P2/c1-7-23-73(24-8-1)67-99-93-77-27-21-28-78(93)60-84-64-82(76-49-41-70(42-50-76)58-72-45-53-92(54-46-72)102(89-35-15-5-16-36-89)90-37-17-6-18-38-90)66-86-62-80-30-22-29-79(94(80)100-68-74-25-9-2-10-26-74)61-85-65-81(63-83(59-77)95(85)97-55-19-20-56-98-96(84)86)75-47-39-69(40-48-75)57-71-43-51-91(52-44-71)101(87-31-11-3-12-32-87)88-33-13-4-14-34-88/h1-18,21-54,63-66H,19-20,55-62,67-68H2. The van der Waals surface area contributed by atoms with Gasteiger partial charge in [-0.05, 0) is 198 Å². The summed E-state index contributed by atoms with van der Waals surface area (Å²) >= 11 is 0. The lowest BCUT2D eigenvalue weighted by molar-refractivity contribution is 0.262. The van der Waals surface area contributed by atoms with E-state index in [1.165, 1.54) is 54.1 Å². The first-order valence-corrected chi connectivity index (χ1v) is 38.5. The first-order valence-electron chi connectivity index (χ1n) is 35.8. The van der Waals surface area contributed by atoms with Crippen LogP contribution in [-0.2, 0) is 51.7 Å². The molecule has 0 saturated heterocycles. The van der Waals surface area contributed by atoms with Gasteiger partial charge >= 0.3 is 0 Å². The lowest BCUT2D eigenvalue weighted by Crippen LogP contribution is -2.20. The van der Waals surface area contributed by atoms with Crippen LogP contribution in [0, 0.1) is 0 Å². The van der Waals surface area contributed by atoms with Crippen molar-refractivity contribution in [1.29, 1.82) is 0 Å². The van der Waals surface area contributed by atoms with Gasteiger partial charge in [-0.25, -0.2) is 0 Å². The number of hydrogen-bond acceptors (Lipinski definition) is 4. The molecule has 14 aromatic rings. The third-order valence-electron chi connectivity index (χ3n) is 19.7. The third kappa shape index (κ3) is 15.4. The molecule has 6 bridgehead atoms. The summed E-state index contributed by atoms with van der Waals surface area (Å²) in [6.45, 7) is 1.92. The average molecular weight is 1360 g/mol. The molecule has 0 fully saturated rings. The summed E-state index contributed by atoms with van der Waals surface area (Å²) in [6.07, 6.45) is 5.66. The Kier molecular flexibility index (Phi) is 20.2. The Hall–Kier alpha value is -10.9. The van der Waals surface area contributed by atoms with E-state index in [2.05, 4.69) is 340 Å². The van der Waals surface area contributed by atoms with Gasteiger partial charge in [0, 0.05) is 25.7 Å². The third-order valence-corrected chi connectivity index (χ3v) is 24.6. The molecule has 498 valence electrons. The number of fused-ring (bicyclic) bond motifs is 9. The summed E-state index contributed by atoms with van der Waals surface area (Å²) in [5.41, 5.74) is 20.8. The molecule has 6 heteroatoms. The molecule has 0 atom stereocenters. The SMILES string of the molecule is c1ccc(COc2c3cccc2Cc2cc(-c4ccc(Cc5ccc(P(c6ccccc6)c6ccccc6)cc5)cc4)cc4c2OCCCCOc2c(cc(-c5ccc(Cc6ccc(P(c7ccccc7)c7ccccc7)cc6)cc5)cc2Cc2cccc(c2OCc2ccccc2)C4)C3)cc1. The second kappa shape index (κ2) is 31.4. The fraction of sp³-hybridized carbons (Fsp3) is 0.125. The highest BCUT2D eigenvalue weighted by atomic mass is 31.1. The van der Waals surface area contributed by atoms with Gasteiger partial charge < -0.3 is 18.9 Å². The smallest absolute Gasteiger partial charge is 0.126 e. The Labute approximate surface area is 603 Å². The maximum Gasteiger partial charge on any atom is 0.126 e. The summed E-state index contributed by atoms with van der Waals surface area (Å²) in [5, 5.41) is 8.11. The van der Waals surface area contributed by atoms with Crippen LogP contribution in [0.2, 0.25) is 0 Å². The Morgan fingerprint density at radius 1 is 0.235 bits per heavy atom. The van der Waals surface area contributed by atoms with Crippen LogP contribution in [0.15, 0.2) is 340 Å². The molecule has 2 heterocycles. The highest BCUT2D eigenvalue weighted by molar-refractivity contribution is 7.80. The molecule has 2 aliphatic heterocycles. The molecule has 16 rings (SSSR count). The quantitative estimate of drug-likeness (QED) is 0.0803. The zero-order valence-corrected chi connectivity index (χ0v) is 59.1.